The number of benzene rings is 1. The van der Waals surface area contributed by atoms with Gasteiger partial charge in [0.15, 0.2) is 0 Å². The monoisotopic (exact) mass is 334 g/mol. The van der Waals surface area contributed by atoms with Gasteiger partial charge in [-0.15, -0.1) is 0 Å². The minimum Gasteiger partial charge on any atom is -0.405 e. The van der Waals surface area contributed by atoms with Crippen LogP contribution in [0.2, 0.25) is 0 Å². The predicted molar refractivity (Wildman–Crippen MR) is 103 cm³/mol. The van der Waals surface area contributed by atoms with Crippen molar-refractivity contribution in [3.05, 3.63) is 66.0 Å². The van der Waals surface area contributed by atoms with E-state index >= 15 is 0 Å². The second kappa shape index (κ2) is 6.81. The van der Waals surface area contributed by atoms with E-state index in [0.717, 1.165) is 34.2 Å². The van der Waals surface area contributed by atoms with Gasteiger partial charge in [-0.3, -0.25) is 4.79 Å². The highest BCUT2D eigenvalue weighted by Crippen LogP contribution is 2.35. The normalized spacial score (nSPS) is 14.5. The molecule has 1 aromatic heterocycles. The minimum atomic E-state index is -0.0281. The van der Waals surface area contributed by atoms with Gasteiger partial charge in [-0.1, -0.05) is 43.9 Å². The first-order valence-electron chi connectivity index (χ1n) is 8.34. The zero-order chi connectivity index (χ0) is 18.0. The lowest BCUT2D eigenvalue weighted by Gasteiger charge is -2.13. The zero-order valence-electron chi connectivity index (χ0n) is 14.3. The van der Waals surface area contributed by atoms with Crippen LogP contribution in [0.1, 0.15) is 35.0 Å². The summed E-state index contributed by atoms with van der Waals surface area (Å²) in [5, 5.41) is 0.785. The molecule has 128 valence electrons. The SMILES string of the molecule is C=C/C(=C\C=C/N)c1cccc2c(N)c3c(nc12)CN(CCC)C3=O. The topological polar surface area (TPSA) is 85.2 Å². The Morgan fingerprint density at radius 1 is 1.44 bits per heavy atom. The number of allylic oxidation sites excluding steroid dienone is 4. The molecule has 0 fully saturated rings. The molecular weight excluding hydrogens is 312 g/mol. The molecule has 5 heteroatoms. The van der Waals surface area contributed by atoms with Gasteiger partial charge in [0.1, 0.15) is 0 Å². The number of nitrogens with two attached hydrogens (primary N) is 2. The molecule has 1 amide bonds. The van der Waals surface area contributed by atoms with E-state index in [1.165, 1.54) is 6.20 Å². The van der Waals surface area contributed by atoms with Gasteiger partial charge >= 0.3 is 0 Å². The molecule has 0 saturated carbocycles. The number of fused-ring (bicyclic) bond motifs is 2. The van der Waals surface area contributed by atoms with Crippen molar-refractivity contribution in [2.24, 2.45) is 5.73 Å². The van der Waals surface area contributed by atoms with E-state index in [9.17, 15) is 4.79 Å². The lowest BCUT2D eigenvalue weighted by atomic mass is 9.99. The first kappa shape index (κ1) is 16.8. The van der Waals surface area contributed by atoms with Gasteiger partial charge < -0.3 is 16.4 Å². The third kappa shape index (κ3) is 2.78. The fourth-order valence-corrected chi connectivity index (χ4v) is 3.24. The average molecular weight is 334 g/mol. The number of nitrogens with zero attached hydrogens (tertiary/aromatic N) is 2. The second-order valence-electron chi connectivity index (χ2n) is 5.99. The van der Waals surface area contributed by atoms with Crippen molar-refractivity contribution in [1.82, 2.24) is 9.88 Å². The van der Waals surface area contributed by atoms with Crippen LogP contribution in [-0.4, -0.2) is 22.3 Å². The Kier molecular flexibility index (Phi) is 4.57. The summed E-state index contributed by atoms with van der Waals surface area (Å²) in [6, 6.07) is 5.78. The third-order valence-corrected chi connectivity index (χ3v) is 4.38. The first-order chi connectivity index (χ1) is 12.1. The largest absolute Gasteiger partial charge is 0.405 e. The molecule has 0 aliphatic carbocycles. The number of hydrogen-bond donors (Lipinski definition) is 2. The van der Waals surface area contributed by atoms with Crippen LogP contribution >= 0.6 is 0 Å². The Labute approximate surface area is 147 Å². The van der Waals surface area contributed by atoms with Crippen LogP contribution in [-0.2, 0) is 6.54 Å². The molecule has 5 nitrogen and oxygen atoms in total. The zero-order valence-corrected chi connectivity index (χ0v) is 14.3. The number of para-hydroxylation sites is 1. The predicted octanol–water partition coefficient (Wildman–Crippen LogP) is 3.22. The third-order valence-electron chi connectivity index (χ3n) is 4.38. The van der Waals surface area contributed by atoms with Crippen LogP contribution in [0, 0.1) is 0 Å². The fraction of sp³-hybridized carbons (Fsp3) is 0.200. The maximum absolute atomic E-state index is 12.6. The first-order valence-corrected chi connectivity index (χ1v) is 8.34. The Balaban J connectivity index is 2.23. The van der Waals surface area contributed by atoms with E-state index in [4.69, 9.17) is 16.5 Å². The number of hydrogen-bond acceptors (Lipinski definition) is 4. The number of nitrogen functional groups attached to an aromatic ring is 1. The van der Waals surface area contributed by atoms with Crippen molar-refractivity contribution in [2.75, 3.05) is 12.3 Å². The van der Waals surface area contributed by atoms with Gasteiger partial charge in [0.2, 0.25) is 0 Å². The van der Waals surface area contributed by atoms with Crippen molar-refractivity contribution in [1.29, 1.82) is 0 Å². The molecule has 0 radical (unpaired) electrons. The van der Waals surface area contributed by atoms with Gasteiger partial charge in [0, 0.05) is 17.5 Å². The Hall–Kier alpha value is -3.08. The van der Waals surface area contributed by atoms with E-state index in [-0.39, 0.29) is 5.91 Å². The van der Waals surface area contributed by atoms with Crippen molar-refractivity contribution >= 4 is 28.1 Å². The number of aromatic nitrogens is 1. The van der Waals surface area contributed by atoms with Crippen LogP contribution in [0.4, 0.5) is 5.69 Å². The van der Waals surface area contributed by atoms with Gasteiger partial charge in [-0.25, -0.2) is 4.98 Å². The number of carbonyl (C=O) groups is 1. The lowest BCUT2D eigenvalue weighted by molar-refractivity contribution is 0.0779. The summed E-state index contributed by atoms with van der Waals surface area (Å²) in [6.45, 7) is 7.14. The number of carbonyl (C=O) groups excluding carboxylic acids is 1. The maximum atomic E-state index is 12.6. The van der Waals surface area contributed by atoms with Gasteiger partial charge in [0.25, 0.3) is 5.91 Å². The Morgan fingerprint density at radius 2 is 2.24 bits per heavy atom. The average Bonchev–Trinajstić information content (AvgIpc) is 2.92. The highest BCUT2D eigenvalue weighted by molar-refractivity contribution is 6.10. The molecule has 25 heavy (non-hydrogen) atoms. The van der Waals surface area contributed by atoms with Crippen molar-refractivity contribution in [3.63, 3.8) is 0 Å². The van der Waals surface area contributed by atoms with Gasteiger partial charge in [-0.05, 0) is 24.3 Å². The summed E-state index contributed by atoms with van der Waals surface area (Å²) in [5.74, 6) is -0.0281. The van der Waals surface area contributed by atoms with E-state index < -0.39 is 0 Å². The molecule has 0 spiro atoms. The summed E-state index contributed by atoms with van der Waals surface area (Å²) in [5.41, 5.74) is 16.2. The second-order valence-corrected chi connectivity index (χ2v) is 5.99. The molecule has 0 atom stereocenters. The van der Waals surface area contributed by atoms with Crippen molar-refractivity contribution in [3.8, 4) is 0 Å². The molecule has 2 aromatic rings. The summed E-state index contributed by atoms with van der Waals surface area (Å²) in [7, 11) is 0. The van der Waals surface area contributed by atoms with Crippen LogP contribution in [0.15, 0.2) is 49.2 Å². The molecule has 1 aliphatic rings. The number of amides is 1. The molecule has 1 aliphatic heterocycles. The maximum Gasteiger partial charge on any atom is 0.258 e. The molecule has 0 saturated heterocycles. The Bertz CT molecular complexity index is 912. The van der Waals surface area contributed by atoms with Crippen LogP contribution < -0.4 is 11.5 Å². The van der Waals surface area contributed by atoms with Gasteiger partial charge in [-0.2, -0.15) is 0 Å². The van der Waals surface area contributed by atoms with E-state index in [2.05, 4.69) is 6.58 Å². The molecule has 1 aromatic carbocycles. The van der Waals surface area contributed by atoms with E-state index in [0.29, 0.717) is 24.3 Å². The van der Waals surface area contributed by atoms with Crippen LogP contribution in [0.3, 0.4) is 0 Å². The van der Waals surface area contributed by atoms with Gasteiger partial charge in [0.05, 0.1) is 29.0 Å². The van der Waals surface area contributed by atoms with E-state index in [1.807, 2.05) is 31.2 Å². The highest BCUT2D eigenvalue weighted by Gasteiger charge is 2.31. The summed E-state index contributed by atoms with van der Waals surface area (Å²) >= 11 is 0. The van der Waals surface area contributed by atoms with Crippen molar-refractivity contribution in [2.45, 2.75) is 19.9 Å². The summed E-state index contributed by atoms with van der Waals surface area (Å²) < 4.78 is 0. The van der Waals surface area contributed by atoms with Crippen molar-refractivity contribution < 1.29 is 4.79 Å². The number of anilines is 1. The quantitative estimate of drug-likeness (QED) is 0.822. The molecule has 3 rings (SSSR count). The lowest BCUT2D eigenvalue weighted by Crippen LogP contribution is -2.24. The van der Waals surface area contributed by atoms with Crippen LogP contribution in [0.25, 0.3) is 16.5 Å². The number of rotatable bonds is 5. The number of pyridine rings is 1. The molecule has 4 N–H and O–H groups in total. The Morgan fingerprint density at radius 3 is 2.92 bits per heavy atom. The molecular formula is C20H22N4O. The smallest absolute Gasteiger partial charge is 0.258 e. The summed E-state index contributed by atoms with van der Waals surface area (Å²) in [4.78, 5) is 19.2. The highest BCUT2D eigenvalue weighted by atomic mass is 16.2. The molecule has 0 bridgehead atoms. The van der Waals surface area contributed by atoms with Crippen LogP contribution in [0.5, 0.6) is 0 Å². The molecule has 0 unspecified atom stereocenters. The standard InChI is InChI=1S/C20H22N4O/c1-3-11-24-12-16-17(20(24)25)18(22)15-9-5-8-14(19(15)23-16)13(4-2)7-6-10-21/h4-10H,2-3,11-12,21H2,1H3,(H2,22,23)/b10-6-,13-7+. The fourth-order valence-electron chi connectivity index (χ4n) is 3.24. The van der Waals surface area contributed by atoms with E-state index in [1.54, 1.807) is 17.1 Å². The molecule has 2 heterocycles. The minimum absolute atomic E-state index is 0.0281. The summed E-state index contributed by atoms with van der Waals surface area (Å²) in [6.07, 6.45) is 7.75.